The van der Waals surface area contributed by atoms with Crippen molar-refractivity contribution in [2.75, 3.05) is 18.5 Å². The van der Waals surface area contributed by atoms with Gasteiger partial charge in [-0.25, -0.2) is 8.42 Å². The van der Waals surface area contributed by atoms with Crippen LogP contribution in [0.2, 0.25) is 0 Å². The van der Waals surface area contributed by atoms with Crippen LogP contribution in [0.15, 0.2) is 59.5 Å². The molecule has 0 atom stereocenters. The van der Waals surface area contributed by atoms with E-state index in [0.29, 0.717) is 0 Å². The SMILES string of the molecule is O=C(COC(=O)CNS(=O)(=O)c1ccccc1)Nc1ccccc1OC(F)F. The number of benzene rings is 2. The molecule has 0 aliphatic heterocycles. The largest absolute Gasteiger partial charge is 0.455 e. The predicted octanol–water partition coefficient (Wildman–Crippen LogP) is 1.75. The zero-order valence-electron chi connectivity index (χ0n) is 14.3. The van der Waals surface area contributed by atoms with Crippen molar-refractivity contribution in [3.8, 4) is 5.75 Å². The smallest absolute Gasteiger partial charge is 0.387 e. The molecule has 0 saturated heterocycles. The van der Waals surface area contributed by atoms with Crippen LogP contribution in [0.4, 0.5) is 14.5 Å². The highest BCUT2D eigenvalue weighted by atomic mass is 32.2. The maximum Gasteiger partial charge on any atom is 0.387 e. The molecule has 0 unspecified atom stereocenters. The summed E-state index contributed by atoms with van der Waals surface area (Å²) in [5.41, 5.74) is -0.0337. The topological polar surface area (TPSA) is 111 Å². The molecule has 2 rings (SSSR count). The van der Waals surface area contributed by atoms with Crippen molar-refractivity contribution < 1.29 is 36.3 Å². The number of halogens is 2. The number of rotatable bonds is 9. The normalized spacial score (nSPS) is 11.1. The molecule has 0 aromatic heterocycles. The van der Waals surface area contributed by atoms with Gasteiger partial charge in [-0.05, 0) is 24.3 Å². The van der Waals surface area contributed by atoms with E-state index in [1.807, 2.05) is 4.72 Å². The maximum absolute atomic E-state index is 12.3. The van der Waals surface area contributed by atoms with Crippen LogP contribution >= 0.6 is 0 Å². The number of anilines is 1. The minimum Gasteiger partial charge on any atom is -0.455 e. The van der Waals surface area contributed by atoms with Gasteiger partial charge in [-0.3, -0.25) is 9.59 Å². The molecule has 0 bridgehead atoms. The standard InChI is InChI=1S/C17H16F2N2O6S/c18-17(19)27-14-9-5-4-8-13(14)21-15(22)11-26-16(23)10-20-28(24,25)12-6-2-1-3-7-12/h1-9,17,20H,10-11H2,(H,21,22). The third-order valence-corrected chi connectivity index (χ3v) is 4.62. The van der Waals surface area contributed by atoms with E-state index in [9.17, 15) is 26.8 Å². The molecule has 0 heterocycles. The molecule has 2 aromatic rings. The second-order valence-electron chi connectivity index (χ2n) is 5.22. The zero-order valence-corrected chi connectivity index (χ0v) is 15.1. The fourth-order valence-corrected chi connectivity index (χ4v) is 2.98. The third-order valence-electron chi connectivity index (χ3n) is 3.20. The Morgan fingerprint density at radius 3 is 2.32 bits per heavy atom. The van der Waals surface area contributed by atoms with Crippen molar-refractivity contribution in [3.05, 3.63) is 54.6 Å². The number of carbonyl (C=O) groups is 2. The van der Waals surface area contributed by atoms with E-state index >= 15 is 0 Å². The molecule has 150 valence electrons. The number of ether oxygens (including phenoxy) is 2. The Labute approximate surface area is 159 Å². The van der Waals surface area contributed by atoms with Gasteiger partial charge in [-0.1, -0.05) is 30.3 Å². The number of esters is 1. The van der Waals surface area contributed by atoms with Gasteiger partial charge >= 0.3 is 12.6 Å². The van der Waals surface area contributed by atoms with Gasteiger partial charge in [-0.15, -0.1) is 0 Å². The minimum atomic E-state index is -3.90. The molecular formula is C17H16F2N2O6S. The summed E-state index contributed by atoms with van der Waals surface area (Å²) in [6.07, 6.45) is 0. The molecule has 0 saturated carbocycles. The van der Waals surface area contributed by atoms with Gasteiger partial charge in [0.15, 0.2) is 6.61 Å². The van der Waals surface area contributed by atoms with Gasteiger partial charge in [0, 0.05) is 0 Å². The van der Waals surface area contributed by atoms with Crippen molar-refractivity contribution in [1.82, 2.24) is 4.72 Å². The Morgan fingerprint density at radius 2 is 1.64 bits per heavy atom. The quantitative estimate of drug-likeness (QED) is 0.605. The summed E-state index contributed by atoms with van der Waals surface area (Å²) < 4.78 is 59.6. The molecule has 11 heteroatoms. The van der Waals surface area contributed by atoms with Crippen LogP contribution in [0.1, 0.15) is 0 Å². The fraction of sp³-hybridized carbons (Fsp3) is 0.176. The molecule has 28 heavy (non-hydrogen) atoms. The van der Waals surface area contributed by atoms with E-state index in [1.54, 1.807) is 6.07 Å². The monoisotopic (exact) mass is 414 g/mol. The molecule has 1 amide bonds. The first-order valence-electron chi connectivity index (χ1n) is 7.82. The minimum absolute atomic E-state index is 0.0313. The number of nitrogens with one attached hydrogen (secondary N) is 2. The van der Waals surface area contributed by atoms with Crippen LogP contribution < -0.4 is 14.8 Å². The van der Waals surface area contributed by atoms with Crippen LogP contribution in [0, 0.1) is 0 Å². The molecule has 0 aliphatic carbocycles. The van der Waals surface area contributed by atoms with Crippen LogP contribution in [0.5, 0.6) is 5.75 Å². The lowest BCUT2D eigenvalue weighted by Crippen LogP contribution is -2.32. The lowest BCUT2D eigenvalue weighted by atomic mass is 10.3. The first kappa shape index (κ1) is 21.3. The highest BCUT2D eigenvalue weighted by molar-refractivity contribution is 7.89. The summed E-state index contributed by atoms with van der Waals surface area (Å²) in [7, 11) is -3.90. The summed E-state index contributed by atoms with van der Waals surface area (Å²) in [5, 5.41) is 2.26. The Bertz CT molecular complexity index is 922. The number of hydrogen-bond acceptors (Lipinski definition) is 6. The molecule has 0 fully saturated rings. The lowest BCUT2D eigenvalue weighted by molar-refractivity contribution is -0.146. The number of para-hydroxylation sites is 2. The summed E-state index contributed by atoms with van der Waals surface area (Å²) in [5.74, 6) is -2.07. The van der Waals surface area contributed by atoms with Crippen molar-refractivity contribution in [2.45, 2.75) is 11.5 Å². The molecule has 2 N–H and O–H groups in total. The van der Waals surface area contributed by atoms with Crippen LogP contribution in [-0.4, -0.2) is 40.1 Å². The Balaban J connectivity index is 1.82. The molecule has 8 nitrogen and oxygen atoms in total. The van der Waals surface area contributed by atoms with Crippen LogP contribution in [-0.2, 0) is 24.3 Å². The summed E-state index contributed by atoms with van der Waals surface area (Å²) in [6.45, 7) is -4.50. The Morgan fingerprint density at radius 1 is 1.00 bits per heavy atom. The highest BCUT2D eigenvalue weighted by Crippen LogP contribution is 2.25. The summed E-state index contributed by atoms with van der Waals surface area (Å²) >= 11 is 0. The fourth-order valence-electron chi connectivity index (χ4n) is 1.99. The molecule has 0 radical (unpaired) electrons. The second-order valence-corrected chi connectivity index (χ2v) is 6.99. The third kappa shape index (κ3) is 6.59. The summed E-state index contributed by atoms with van der Waals surface area (Å²) in [6, 6.07) is 12.8. The van der Waals surface area contributed by atoms with Gasteiger partial charge < -0.3 is 14.8 Å². The van der Waals surface area contributed by atoms with E-state index < -0.39 is 41.7 Å². The molecule has 2 aromatic carbocycles. The van der Waals surface area contributed by atoms with E-state index in [2.05, 4.69) is 14.8 Å². The van der Waals surface area contributed by atoms with Crippen molar-refractivity contribution in [1.29, 1.82) is 0 Å². The first-order valence-corrected chi connectivity index (χ1v) is 9.30. The Hall–Kier alpha value is -3.05. The van der Waals surface area contributed by atoms with E-state index in [1.165, 1.54) is 48.5 Å². The van der Waals surface area contributed by atoms with Crippen molar-refractivity contribution in [2.24, 2.45) is 0 Å². The van der Waals surface area contributed by atoms with Crippen molar-refractivity contribution in [3.63, 3.8) is 0 Å². The molecular weight excluding hydrogens is 398 g/mol. The van der Waals surface area contributed by atoms with Crippen LogP contribution in [0.25, 0.3) is 0 Å². The van der Waals surface area contributed by atoms with Crippen LogP contribution in [0.3, 0.4) is 0 Å². The number of amides is 1. The van der Waals surface area contributed by atoms with Gasteiger partial charge in [-0.2, -0.15) is 13.5 Å². The summed E-state index contributed by atoms with van der Waals surface area (Å²) in [4.78, 5) is 23.4. The van der Waals surface area contributed by atoms with Gasteiger partial charge in [0.05, 0.1) is 10.6 Å². The average Bonchev–Trinajstić information content (AvgIpc) is 2.67. The molecule has 0 spiro atoms. The van der Waals surface area contributed by atoms with E-state index in [-0.39, 0.29) is 16.3 Å². The second kappa shape index (κ2) is 9.76. The number of alkyl halides is 2. The van der Waals surface area contributed by atoms with E-state index in [4.69, 9.17) is 0 Å². The number of carbonyl (C=O) groups excluding carboxylic acids is 2. The van der Waals surface area contributed by atoms with E-state index in [0.717, 1.165) is 0 Å². The molecule has 0 aliphatic rings. The average molecular weight is 414 g/mol. The van der Waals surface area contributed by atoms with Gasteiger partial charge in [0.2, 0.25) is 10.0 Å². The first-order chi connectivity index (χ1) is 13.3. The van der Waals surface area contributed by atoms with Gasteiger partial charge in [0.25, 0.3) is 5.91 Å². The number of hydrogen-bond donors (Lipinski definition) is 2. The Kier molecular flexibility index (Phi) is 7.41. The van der Waals surface area contributed by atoms with Gasteiger partial charge in [0.1, 0.15) is 12.3 Å². The lowest BCUT2D eigenvalue weighted by Gasteiger charge is -2.12. The zero-order chi connectivity index (χ0) is 20.6. The predicted molar refractivity (Wildman–Crippen MR) is 94.3 cm³/mol. The van der Waals surface area contributed by atoms with Crippen molar-refractivity contribution >= 4 is 27.6 Å². The maximum atomic E-state index is 12.3. The number of sulfonamides is 1. The highest BCUT2D eigenvalue weighted by Gasteiger charge is 2.17.